The number of benzene rings is 1. The van der Waals surface area contributed by atoms with E-state index in [1.165, 1.54) is 15.3 Å². The number of methoxy groups -OCH3 is 1. The van der Waals surface area contributed by atoms with Crippen LogP contribution in [0.15, 0.2) is 33.9 Å². The van der Waals surface area contributed by atoms with Gasteiger partial charge in [0.1, 0.15) is 5.75 Å². The molecule has 0 radical (unpaired) electrons. The van der Waals surface area contributed by atoms with Gasteiger partial charge in [-0.25, -0.2) is 0 Å². The van der Waals surface area contributed by atoms with Gasteiger partial charge in [0.05, 0.1) is 23.0 Å². The van der Waals surface area contributed by atoms with Gasteiger partial charge >= 0.3 is 0 Å². The van der Waals surface area contributed by atoms with E-state index in [0.717, 1.165) is 17.9 Å². The second-order valence-corrected chi connectivity index (χ2v) is 7.85. The Balaban J connectivity index is 1.91. The largest absolute Gasteiger partial charge is 0.495 e. The van der Waals surface area contributed by atoms with Crippen molar-refractivity contribution in [1.82, 2.24) is 0 Å². The molecule has 0 aliphatic carbocycles. The summed E-state index contributed by atoms with van der Waals surface area (Å²) in [6.07, 6.45) is 1.14. The van der Waals surface area contributed by atoms with Crippen molar-refractivity contribution in [3.8, 4) is 5.75 Å². The second-order valence-electron chi connectivity index (χ2n) is 5.23. The van der Waals surface area contributed by atoms with E-state index in [1.807, 2.05) is 29.2 Å². The Bertz CT molecular complexity index is 608. The molecule has 1 aromatic heterocycles. The van der Waals surface area contributed by atoms with Gasteiger partial charge in [0.15, 0.2) is 0 Å². The van der Waals surface area contributed by atoms with Gasteiger partial charge in [0, 0.05) is 5.25 Å². The fourth-order valence-electron chi connectivity index (χ4n) is 2.61. The van der Waals surface area contributed by atoms with Gasteiger partial charge in [-0.15, -0.1) is 23.1 Å². The van der Waals surface area contributed by atoms with Crippen molar-refractivity contribution >= 4 is 28.8 Å². The molecule has 0 spiro atoms. The van der Waals surface area contributed by atoms with Crippen LogP contribution in [-0.2, 0) is 0 Å². The summed E-state index contributed by atoms with van der Waals surface area (Å²) in [4.78, 5) is 0. The Kier molecular flexibility index (Phi) is 3.94. The van der Waals surface area contributed by atoms with Crippen LogP contribution in [0.2, 0.25) is 0 Å². The Morgan fingerprint density at radius 1 is 1.30 bits per heavy atom. The van der Waals surface area contributed by atoms with Crippen LogP contribution in [0.25, 0.3) is 0 Å². The molecule has 0 saturated heterocycles. The summed E-state index contributed by atoms with van der Waals surface area (Å²) in [5, 5.41) is 6.52. The van der Waals surface area contributed by atoms with Gasteiger partial charge in [-0.1, -0.05) is 13.0 Å². The van der Waals surface area contributed by atoms with Crippen LogP contribution in [0.5, 0.6) is 5.75 Å². The van der Waals surface area contributed by atoms with E-state index in [-0.39, 0.29) is 0 Å². The number of ether oxygens (including phenoxy) is 1. The summed E-state index contributed by atoms with van der Waals surface area (Å²) in [5.74, 6) is 0.915. The number of hydrogen-bond acceptors (Lipinski definition) is 4. The zero-order valence-corrected chi connectivity index (χ0v) is 13.6. The SMILES string of the molecule is COc1ccc(C)cc1NC1C[C@H](C)Sc2sccc21. The van der Waals surface area contributed by atoms with Crippen molar-refractivity contribution in [2.24, 2.45) is 0 Å². The molecule has 1 aromatic carbocycles. The Hall–Kier alpha value is -1.13. The predicted molar refractivity (Wildman–Crippen MR) is 88.3 cm³/mol. The molecule has 0 fully saturated rings. The molecule has 1 N–H and O–H groups in total. The van der Waals surface area contributed by atoms with E-state index in [4.69, 9.17) is 4.74 Å². The summed E-state index contributed by atoms with van der Waals surface area (Å²) in [6.45, 7) is 4.41. The minimum atomic E-state index is 0.378. The Morgan fingerprint density at radius 2 is 2.15 bits per heavy atom. The average Bonchev–Trinajstić information content (AvgIpc) is 2.87. The topological polar surface area (TPSA) is 21.3 Å². The molecule has 2 heterocycles. The van der Waals surface area contributed by atoms with Gasteiger partial charge in [-0.2, -0.15) is 0 Å². The summed E-state index contributed by atoms with van der Waals surface area (Å²) in [5.41, 5.74) is 3.77. The number of thiophene rings is 1. The first-order valence-corrected chi connectivity index (χ1v) is 8.58. The van der Waals surface area contributed by atoms with Crippen molar-refractivity contribution in [1.29, 1.82) is 0 Å². The van der Waals surface area contributed by atoms with Crippen molar-refractivity contribution in [3.05, 3.63) is 40.8 Å². The highest BCUT2D eigenvalue weighted by Gasteiger charge is 2.26. The molecule has 0 bridgehead atoms. The highest BCUT2D eigenvalue weighted by Crippen LogP contribution is 2.45. The van der Waals surface area contributed by atoms with E-state index in [9.17, 15) is 0 Å². The van der Waals surface area contributed by atoms with Gasteiger partial charge in [0.2, 0.25) is 0 Å². The number of rotatable bonds is 3. The Morgan fingerprint density at radius 3 is 2.95 bits per heavy atom. The quantitative estimate of drug-likeness (QED) is 0.852. The molecule has 2 nitrogen and oxygen atoms in total. The highest BCUT2D eigenvalue weighted by atomic mass is 32.2. The van der Waals surface area contributed by atoms with Crippen LogP contribution in [-0.4, -0.2) is 12.4 Å². The molecule has 1 aliphatic heterocycles. The number of hydrogen-bond donors (Lipinski definition) is 1. The third-order valence-electron chi connectivity index (χ3n) is 3.59. The van der Waals surface area contributed by atoms with Crippen molar-refractivity contribution in [2.75, 3.05) is 12.4 Å². The first-order chi connectivity index (χ1) is 9.67. The lowest BCUT2D eigenvalue weighted by atomic mass is 10.0. The zero-order chi connectivity index (χ0) is 14.1. The third-order valence-corrected chi connectivity index (χ3v) is 5.94. The van der Waals surface area contributed by atoms with Crippen LogP contribution in [0.4, 0.5) is 5.69 Å². The smallest absolute Gasteiger partial charge is 0.141 e. The van der Waals surface area contributed by atoms with Crippen molar-refractivity contribution in [2.45, 2.75) is 35.8 Å². The highest BCUT2D eigenvalue weighted by molar-refractivity contribution is 8.01. The molecule has 20 heavy (non-hydrogen) atoms. The lowest BCUT2D eigenvalue weighted by molar-refractivity contribution is 0.415. The van der Waals surface area contributed by atoms with Crippen molar-refractivity contribution < 1.29 is 4.74 Å². The second kappa shape index (κ2) is 5.70. The van der Waals surface area contributed by atoms with Crippen molar-refractivity contribution in [3.63, 3.8) is 0 Å². The summed E-state index contributed by atoms with van der Waals surface area (Å²) >= 11 is 3.84. The van der Waals surface area contributed by atoms with E-state index >= 15 is 0 Å². The van der Waals surface area contributed by atoms with Crippen LogP contribution < -0.4 is 10.1 Å². The van der Waals surface area contributed by atoms with Crippen LogP contribution in [0.1, 0.15) is 30.5 Å². The van der Waals surface area contributed by atoms with E-state index in [2.05, 4.69) is 42.7 Å². The minimum Gasteiger partial charge on any atom is -0.495 e. The third kappa shape index (κ3) is 2.67. The maximum atomic E-state index is 5.47. The molecule has 106 valence electrons. The van der Waals surface area contributed by atoms with Gasteiger partial charge in [-0.05, 0) is 48.1 Å². The number of aryl methyl sites for hydroxylation is 1. The van der Waals surface area contributed by atoms with E-state index < -0.39 is 0 Å². The number of fused-ring (bicyclic) bond motifs is 1. The Labute approximate surface area is 128 Å². The summed E-state index contributed by atoms with van der Waals surface area (Å²) in [7, 11) is 1.73. The molecule has 2 atom stereocenters. The molecule has 1 aliphatic rings. The first kappa shape index (κ1) is 13.8. The van der Waals surface area contributed by atoms with Crippen LogP contribution in [0.3, 0.4) is 0 Å². The lowest BCUT2D eigenvalue weighted by Gasteiger charge is -2.29. The maximum absolute atomic E-state index is 5.47. The fraction of sp³-hybridized carbons (Fsp3) is 0.375. The van der Waals surface area contributed by atoms with Crippen LogP contribution in [0, 0.1) is 6.92 Å². The molecular formula is C16H19NOS2. The summed E-state index contributed by atoms with van der Waals surface area (Å²) < 4.78 is 6.92. The normalized spacial score (nSPS) is 21.4. The van der Waals surface area contributed by atoms with Crippen LogP contribution >= 0.6 is 23.1 Å². The zero-order valence-electron chi connectivity index (χ0n) is 12.0. The van der Waals surface area contributed by atoms with Gasteiger partial charge < -0.3 is 10.1 Å². The number of anilines is 1. The molecular weight excluding hydrogens is 286 g/mol. The molecule has 0 saturated carbocycles. The molecule has 0 amide bonds. The molecule has 4 heteroatoms. The molecule has 2 aromatic rings. The van der Waals surface area contributed by atoms with E-state index in [1.54, 1.807) is 7.11 Å². The van der Waals surface area contributed by atoms with Gasteiger partial charge in [-0.3, -0.25) is 0 Å². The fourth-order valence-corrected chi connectivity index (χ4v) is 5.18. The number of thioether (sulfide) groups is 1. The van der Waals surface area contributed by atoms with Gasteiger partial charge in [0.25, 0.3) is 0 Å². The first-order valence-electron chi connectivity index (χ1n) is 6.82. The molecule has 3 rings (SSSR count). The van der Waals surface area contributed by atoms with E-state index in [0.29, 0.717) is 11.3 Å². The summed E-state index contributed by atoms with van der Waals surface area (Å²) in [6, 6.07) is 8.91. The standard InChI is InChI=1S/C16H19NOS2/c1-10-4-5-15(18-3)14(8-10)17-13-9-11(2)20-16-12(13)6-7-19-16/h4-8,11,13,17H,9H2,1-3H3/t11-,13?/m0/s1. The average molecular weight is 305 g/mol. The maximum Gasteiger partial charge on any atom is 0.141 e. The predicted octanol–water partition coefficient (Wildman–Crippen LogP) is 5.10. The monoisotopic (exact) mass is 305 g/mol. The molecule has 1 unspecified atom stereocenters. The minimum absolute atomic E-state index is 0.378. The lowest BCUT2D eigenvalue weighted by Crippen LogP contribution is -2.19. The number of nitrogens with one attached hydrogen (secondary N) is 1.